The van der Waals surface area contributed by atoms with Crippen LogP contribution in [0.4, 0.5) is 0 Å². The maximum Gasteiger partial charge on any atom is 0.205 e. The molecule has 4 rings (SSSR count). The number of aryl methyl sites for hydroxylation is 4. The van der Waals surface area contributed by atoms with Crippen LogP contribution in [0, 0.1) is 25.2 Å². The average molecular weight is 405 g/mol. The number of allylic oxidation sites excluding steroid dienone is 3. The molecule has 2 N–H and O–H groups in total. The molecule has 7 heteroatoms. The highest BCUT2D eigenvalue weighted by atomic mass is 16.5. The second kappa shape index (κ2) is 7.86. The molecular formula is C23H28N6O. The summed E-state index contributed by atoms with van der Waals surface area (Å²) < 4.78 is 9.92. The molecule has 0 bridgehead atoms. The molecule has 2 aromatic heterocycles. The standard InChI is InChI=1S/C23H28N6O/c1-5-28-12-17(14(3)26-28)10-16-8-7-9-18-21(19(11-24)23(25)30-22(16)18)20-13-29(6-2)27-15(20)4/h10,12-13,21H,5-9,25H2,1-4H3/b16-10+. The Kier molecular flexibility index (Phi) is 5.25. The van der Waals surface area contributed by atoms with E-state index >= 15 is 0 Å². The molecule has 2 aliphatic rings. The Labute approximate surface area is 177 Å². The zero-order chi connectivity index (χ0) is 21.4. The summed E-state index contributed by atoms with van der Waals surface area (Å²) in [4.78, 5) is 0. The molecule has 0 radical (unpaired) electrons. The number of nitriles is 1. The van der Waals surface area contributed by atoms with E-state index in [1.54, 1.807) is 0 Å². The lowest BCUT2D eigenvalue weighted by Crippen LogP contribution is -2.24. The van der Waals surface area contributed by atoms with E-state index < -0.39 is 0 Å². The zero-order valence-corrected chi connectivity index (χ0v) is 18.1. The summed E-state index contributed by atoms with van der Waals surface area (Å²) in [5.41, 5.74) is 13.0. The minimum Gasteiger partial charge on any atom is -0.440 e. The Morgan fingerprint density at radius 1 is 1.17 bits per heavy atom. The third-order valence-electron chi connectivity index (χ3n) is 5.97. The highest BCUT2D eigenvalue weighted by Gasteiger charge is 2.37. The first-order chi connectivity index (χ1) is 14.5. The normalized spacial score (nSPS) is 20.4. The van der Waals surface area contributed by atoms with Gasteiger partial charge in [-0.2, -0.15) is 15.5 Å². The Hall–Kier alpha value is -3.27. The van der Waals surface area contributed by atoms with Crippen LogP contribution in [0.2, 0.25) is 0 Å². The third kappa shape index (κ3) is 3.32. The second-order valence-corrected chi connectivity index (χ2v) is 7.85. The number of hydrogen-bond acceptors (Lipinski definition) is 5. The molecule has 0 saturated heterocycles. The lowest BCUT2D eigenvalue weighted by atomic mass is 9.77. The van der Waals surface area contributed by atoms with Crippen LogP contribution >= 0.6 is 0 Å². The van der Waals surface area contributed by atoms with Gasteiger partial charge in [-0.25, -0.2) is 0 Å². The number of aromatic nitrogens is 4. The number of nitrogens with zero attached hydrogens (tertiary/aromatic N) is 5. The average Bonchev–Trinajstić information content (AvgIpc) is 3.29. The number of rotatable bonds is 4. The second-order valence-electron chi connectivity index (χ2n) is 7.85. The van der Waals surface area contributed by atoms with Gasteiger partial charge in [-0.3, -0.25) is 9.36 Å². The largest absolute Gasteiger partial charge is 0.440 e. The van der Waals surface area contributed by atoms with E-state index in [0.717, 1.165) is 71.8 Å². The van der Waals surface area contributed by atoms with Gasteiger partial charge in [-0.1, -0.05) is 0 Å². The first kappa shape index (κ1) is 20.0. The van der Waals surface area contributed by atoms with Crippen LogP contribution in [0.3, 0.4) is 0 Å². The van der Waals surface area contributed by atoms with Crippen LogP contribution in [0.1, 0.15) is 61.5 Å². The van der Waals surface area contributed by atoms with Gasteiger partial charge in [0.2, 0.25) is 5.88 Å². The molecule has 3 heterocycles. The van der Waals surface area contributed by atoms with E-state index in [-0.39, 0.29) is 11.8 Å². The van der Waals surface area contributed by atoms with Gasteiger partial charge in [0.15, 0.2) is 0 Å². The van der Waals surface area contributed by atoms with Crippen molar-refractivity contribution in [1.82, 2.24) is 19.6 Å². The van der Waals surface area contributed by atoms with Crippen molar-refractivity contribution < 1.29 is 4.74 Å². The maximum atomic E-state index is 9.86. The molecule has 1 atom stereocenters. The molecule has 0 spiro atoms. The summed E-state index contributed by atoms with van der Waals surface area (Å²) in [5.74, 6) is 0.802. The first-order valence-electron chi connectivity index (χ1n) is 10.6. The number of ether oxygens (including phenoxy) is 1. The van der Waals surface area contributed by atoms with Crippen molar-refractivity contribution in [2.24, 2.45) is 5.73 Å². The fourth-order valence-corrected chi connectivity index (χ4v) is 4.39. The smallest absolute Gasteiger partial charge is 0.205 e. The summed E-state index contributed by atoms with van der Waals surface area (Å²) in [7, 11) is 0. The van der Waals surface area contributed by atoms with Crippen LogP contribution in [-0.4, -0.2) is 19.6 Å². The van der Waals surface area contributed by atoms with E-state index in [1.807, 2.05) is 29.4 Å². The number of hydrogen-bond donors (Lipinski definition) is 1. The lowest BCUT2D eigenvalue weighted by molar-refractivity contribution is 0.277. The summed E-state index contributed by atoms with van der Waals surface area (Å²) in [6.07, 6.45) is 9.04. The van der Waals surface area contributed by atoms with Crippen molar-refractivity contribution in [2.45, 2.75) is 66.0 Å². The van der Waals surface area contributed by atoms with Crippen molar-refractivity contribution in [1.29, 1.82) is 5.26 Å². The molecule has 0 amide bonds. The summed E-state index contributed by atoms with van der Waals surface area (Å²) in [6, 6.07) is 2.30. The predicted octanol–water partition coefficient (Wildman–Crippen LogP) is 4.07. The Balaban J connectivity index is 1.85. The van der Waals surface area contributed by atoms with Gasteiger partial charge in [0.1, 0.15) is 17.4 Å². The predicted molar refractivity (Wildman–Crippen MR) is 115 cm³/mol. The van der Waals surface area contributed by atoms with E-state index in [0.29, 0.717) is 5.57 Å². The highest BCUT2D eigenvalue weighted by molar-refractivity contribution is 5.63. The molecule has 0 fully saturated rings. The number of nitrogens with two attached hydrogens (primary N) is 1. The molecule has 156 valence electrons. The lowest BCUT2D eigenvalue weighted by Gasteiger charge is -2.33. The van der Waals surface area contributed by atoms with Crippen molar-refractivity contribution >= 4 is 6.08 Å². The minimum atomic E-state index is -0.206. The van der Waals surface area contributed by atoms with Crippen molar-refractivity contribution in [2.75, 3.05) is 0 Å². The molecule has 1 aliphatic heterocycles. The third-order valence-corrected chi connectivity index (χ3v) is 5.97. The van der Waals surface area contributed by atoms with E-state index in [2.05, 4.69) is 42.4 Å². The summed E-state index contributed by atoms with van der Waals surface area (Å²) in [5, 5.41) is 19.0. The summed E-state index contributed by atoms with van der Waals surface area (Å²) in [6.45, 7) is 9.76. The van der Waals surface area contributed by atoms with Gasteiger partial charge in [-0.15, -0.1) is 0 Å². The monoisotopic (exact) mass is 404 g/mol. The fourth-order valence-electron chi connectivity index (χ4n) is 4.39. The van der Waals surface area contributed by atoms with E-state index in [9.17, 15) is 5.26 Å². The van der Waals surface area contributed by atoms with Crippen molar-refractivity contribution in [3.63, 3.8) is 0 Å². The molecule has 30 heavy (non-hydrogen) atoms. The van der Waals surface area contributed by atoms with Crippen molar-refractivity contribution in [3.8, 4) is 6.07 Å². The van der Waals surface area contributed by atoms with E-state index in [4.69, 9.17) is 10.5 Å². The molecule has 2 aromatic rings. The Morgan fingerprint density at radius 3 is 2.50 bits per heavy atom. The van der Waals surface area contributed by atoms with Gasteiger partial charge in [0.25, 0.3) is 0 Å². The topological polar surface area (TPSA) is 94.7 Å². The van der Waals surface area contributed by atoms with Crippen LogP contribution in [0.15, 0.2) is 40.8 Å². The van der Waals surface area contributed by atoms with Gasteiger partial charge >= 0.3 is 0 Å². The molecule has 1 aliphatic carbocycles. The SMILES string of the molecule is CCn1cc(/C=C2\CCCC3=C2OC(N)=C(C#N)C3c2cn(CC)nc2C)c(C)n1. The fraction of sp³-hybridized carbons (Fsp3) is 0.435. The molecule has 1 unspecified atom stereocenters. The van der Waals surface area contributed by atoms with Gasteiger partial charge in [0.05, 0.1) is 17.3 Å². The molecule has 0 aromatic carbocycles. The molecule has 0 saturated carbocycles. The molecular weight excluding hydrogens is 376 g/mol. The summed E-state index contributed by atoms with van der Waals surface area (Å²) >= 11 is 0. The Bertz CT molecular complexity index is 1120. The maximum absolute atomic E-state index is 9.86. The highest BCUT2D eigenvalue weighted by Crippen LogP contribution is 2.47. The van der Waals surface area contributed by atoms with Crippen LogP contribution < -0.4 is 5.73 Å². The zero-order valence-electron chi connectivity index (χ0n) is 18.1. The van der Waals surface area contributed by atoms with Crippen LogP contribution in [0.25, 0.3) is 6.08 Å². The molecule has 7 nitrogen and oxygen atoms in total. The quantitative estimate of drug-likeness (QED) is 0.829. The van der Waals surface area contributed by atoms with Gasteiger partial charge in [0, 0.05) is 36.6 Å². The van der Waals surface area contributed by atoms with Gasteiger partial charge < -0.3 is 10.5 Å². The first-order valence-corrected chi connectivity index (χ1v) is 10.6. The minimum absolute atomic E-state index is 0.193. The Morgan fingerprint density at radius 2 is 1.87 bits per heavy atom. The van der Waals surface area contributed by atoms with Gasteiger partial charge in [-0.05, 0) is 64.2 Å². The van der Waals surface area contributed by atoms with E-state index in [1.165, 1.54) is 0 Å². The van der Waals surface area contributed by atoms with Crippen molar-refractivity contribution in [3.05, 3.63) is 63.3 Å². The van der Waals surface area contributed by atoms with Crippen LogP contribution in [0.5, 0.6) is 0 Å². The van der Waals surface area contributed by atoms with Crippen LogP contribution in [-0.2, 0) is 17.8 Å².